The number of ketones is 1. The van der Waals surface area contributed by atoms with Crippen LogP contribution in [-0.2, 0) is 9.53 Å². The quantitative estimate of drug-likeness (QED) is 0.0810. The number of esters is 1. The SMILES string of the molecule is CCOC(=O)C(=CN(C)C)C(=O)c1cc(F)c(Br)c(C)c1F.Cc1c(F)c(C(=O)O)cc(F)c1Br. The second-order valence-electron chi connectivity index (χ2n) is 7.18. The van der Waals surface area contributed by atoms with E-state index in [1.807, 2.05) is 0 Å². The van der Waals surface area contributed by atoms with E-state index in [0.717, 1.165) is 6.07 Å². The van der Waals surface area contributed by atoms with Crippen molar-refractivity contribution in [1.29, 1.82) is 0 Å². The Kier molecular flexibility index (Phi) is 11.1. The Morgan fingerprint density at radius 2 is 1.37 bits per heavy atom. The molecule has 0 unspecified atom stereocenters. The molecule has 0 aromatic heterocycles. The maximum Gasteiger partial charge on any atom is 0.343 e. The van der Waals surface area contributed by atoms with E-state index in [1.54, 1.807) is 21.0 Å². The maximum atomic E-state index is 14.2. The van der Waals surface area contributed by atoms with Crippen LogP contribution in [0.5, 0.6) is 0 Å². The molecular formula is C23H21Br2F4NO5. The van der Waals surface area contributed by atoms with E-state index in [9.17, 15) is 31.9 Å². The molecule has 0 aliphatic heterocycles. The summed E-state index contributed by atoms with van der Waals surface area (Å²) in [6, 6.07) is 1.41. The lowest BCUT2D eigenvalue weighted by Crippen LogP contribution is -2.20. The van der Waals surface area contributed by atoms with E-state index in [-0.39, 0.29) is 32.3 Å². The van der Waals surface area contributed by atoms with E-state index >= 15 is 0 Å². The minimum Gasteiger partial charge on any atom is -0.478 e. The number of Topliss-reactive ketones (excluding diaryl/α,β-unsaturated/α-hetero) is 1. The number of hydrogen-bond donors (Lipinski definition) is 1. The molecule has 190 valence electrons. The first kappa shape index (κ1) is 30.3. The van der Waals surface area contributed by atoms with Gasteiger partial charge in [0.2, 0.25) is 5.78 Å². The van der Waals surface area contributed by atoms with Crippen LogP contribution in [0.15, 0.2) is 32.9 Å². The number of carbonyl (C=O) groups excluding carboxylic acids is 2. The van der Waals surface area contributed by atoms with Crippen LogP contribution in [0.3, 0.4) is 0 Å². The summed E-state index contributed by atoms with van der Waals surface area (Å²) in [5, 5.41) is 8.48. The first-order valence-corrected chi connectivity index (χ1v) is 11.4. The molecule has 6 nitrogen and oxygen atoms in total. The lowest BCUT2D eigenvalue weighted by molar-refractivity contribution is -0.138. The first-order chi connectivity index (χ1) is 16.1. The van der Waals surface area contributed by atoms with Crippen molar-refractivity contribution >= 4 is 49.6 Å². The number of aromatic carboxylic acids is 1. The van der Waals surface area contributed by atoms with E-state index < -0.39 is 52.1 Å². The fourth-order valence-electron chi connectivity index (χ4n) is 2.60. The van der Waals surface area contributed by atoms with Crippen LogP contribution in [0.2, 0.25) is 0 Å². The summed E-state index contributed by atoms with van der Waals surface area (Å²) in [7, 11) is 3.19. The van der Waals surface area contributed by atoms with Crippen LogP contribution in [0.1, 0.15) is 38.8 Å². The third-order valence-electron chi connectivity index (χ3n) is 4.35. The molecule has 0 atom stereocenters. The fourth-order valence-corrected chi connectivity index (χ4v) is 3.18. The topological polar surface area (TPSA) is 83.9 Å². The molecule has 35 heavy (non-hydrogen) atoms. The summed E-state index contributed by atoms with van der Waals surface area (Å²) in [6.07, 6.45) is 1.22. The summed E-state index contributed by atoms with van der Waals surface area (Å²) < 4.78 is 58.7. The van der Waals surface area contributed by atoms with Crippen LogP contribution in [0.25, 0.3) is 0 Å². The van der Waals surface area contributed by atoms with Gasteiger partial charge >= 0.3 is 11.9 Å². The highest BCUT2D eigenvalue weighted by atomic mass is 79.9. The Morgan fingerprint density at radius 1 is 0.943 bits per heavy atom. The van der Waals surface area contributed by atoms with Gasteiger partial charge in [0.1, 0.15) is 28.8 Å². The summed E-state index contributed by atoms with van der Waals surface area (Å²) >= 11 is 5.71. The highest BCUT2D eigenvalue weighted by Gasteiger charge is 2.27. The fraction of sp³-hybridized carbons (Fsp3) is 0.261. The Balaban J connectivity index is 0.000000400. The Morgan fingerprint density at radius 3 is 1.77 bits per heavy atom. The molecule has 0 fully saturated rings. The summed E-state index contributed by atoms with van der Waals surface area (Å²) in [4.78, 5) is 36.2. The molecule has 2 aromatic carbocycles. The van der Waals surface area contributed by atoms with Crippen molar-refractivity contribution in [3.05, 3.63) is 78.4 Å². The van der Waals surface area contributed by atoms with Crippen LogP contribution in [-0.4, -0.2) is 48.4 Å². The van der Waals surface area contributed by atoms with Crippen LogP contribution in [0.4, 0.5) is 17.6 Å². The predicted octanol–water partition coefficient (Wildman–Crippen LogP) is 5.96. The smallest absolute Gasteiger partial charge is 0.343 e. The van der Waals surface area contributed by atoms with Crippen molar-refractivity contribution < 1.29 is 41.8 Å². The predicted molar refractivity (Wildman–Crippen MR) is 127 cm³/mol. The second-order valence-corrected chi connectivity index (χ2v) is 8.76. The monoisotopic (exact) mass is 625 g/mol. The molecule has 2 rings (SSSR count). The van der Waals surface area contributed by atoms with Crippen molar-refractivity contribution in [3.63, 3.8) is 0 Å². The van der Waals surface area contributed by atoms with Crippen LogP contribution < -0.4 is 0 Å². The highest BCUT2D eigenvalue weighted by Crippen LogP contribution is 2.27. The largest absolute Gasteiger partial charge is 0.478 e. The average Bonchev–Trinajstić information content (AvgIpc) is 2.79. The van der Waals surface area contributed by atoms with Crippen LogP contribution in [0, 0.1) is 37.1 Å². The molecule has 0 aliphatic carbocycles. The third-order valence-corrected chi connectivity index (χ3v) is 6.30. The molecule has 2 aromatic rings. The van der Waals surface area contributed by atoms with Crippen molar-refractivity contribution in [3.8, 4) is 0 Å². The maximum absolute atomic E-state index is 14.2. The van der Waals surface area contributed by atoms with E-state index in [1.165, 1.54) is 24.9 Å². The molecule has 0 aliphatic rings. The van der Waals surface area contributed by atoms with Gasteiger partial charge in [0, 0.05) is 31.4 Å². The molecule has 12 heteroatoms. The van der Waals surface area contributed by atoms with E-state index in [4.69, 9.17) is 9.84 Å². The molecule has 1 N–H and O–H groups in total. The van der Waals surface area contributed by atoms with Crippen LogP contribution >= 0.6 is 31.9 Å². The zero-order valence-electron chi connectivity index (χ0n) is 19.2. The van der Waals surface area contributed by atoms with Gasteiger partial charge in [-0.1, -0.05) is 0 Å². The lowest BCUT2D eigenvalue weighted by atomic mass is 10.0. The standard InChI is InChI=1S/C15H16BrF2NO3.C8H5BrF2O2/c1-5-22-15(21)10(7-19(3)4)14(20)9-6-11(17)12(16)8(2)13(9)18;1-3-6(9)5(10)2-4(7(3)11)8(12)13/h6-7H,5H2,1-4H3;2H,1H3,(H,12,13). The molecule has 0 amide bonds. The van der Waals surface area contributed by atoms with Gasteiger partial charge in [-0.15, -0.1) is 0 Å². The van der Waals surface area contributed by atoms with Crippen molar-refractivity contribution in [2.45, 2.75) is 20.8 Å². The number of carboxylic acid groups (broad SMARTS) is 1. The van der Waals surface area contributed by atoms with E-state index in [2.05, 4.69) is 31.9 Å². The summed E-state index contributed by atoms with van der Waals surface area (Å²) in [5.41, 5.74) is -1.63. The van der Waals surface area contributed by atoms with Gasteiger partial charge in [-0.25, -0.2) is 27.2 Å². The zero-order valence-corrected chi connectivity index (χ0v) is 22.4. The van der Waals surface area contributed by atoms with Gasteiger partial charge in [0.05, 0.1) is 26.7 Å². The van der Waals surface area contributed by atoms with Crippen molar-refractivity contribution in [2.75, 3.05) is 20.7 Å². The number of ether oxygens (including phenoxy) is 1. The molecule has 0 heterocycles. The molecule has 0 radical (unpaired) electrons. The Hall–Kier alpha value is -2.73. The number of carboxylic acids is 1. The summed E-state index contributed by atoms with van der Waals surface area (Å²) in [5.74, 6) is -6.66. The van der Waals surface area contributed by atoms with Crippen molar-refractivity contribution in [1.82, 2.24) is 4.90 Å². The molecule has 0 bridgehead atoms. The Labute approximate surface area is 215 Å². The van der Waals surface area contributed by atoms with Gasteiger partial charge in [-0.2, -0.15) is 0 Å². The van der Waals surface area contributed by atoms with Gasteiger partial charge in [0.25, 0.3) is 0 Å². The lowest BCUT2D eigenvalue weighted by Gasteiger charge is -2.12. The number of halogens is 6. The summed E-state index contributed by atoms with van der Waals surface area (Å²) in [6.45, 7) is 4.28. The zero-order chi connectivity index (χ0) is 27.2. The molecule has 0 saturated heterocycles. The normalized spacial score (nSPS) is 10.9. The number of hydrogen-bond acceptors (Lipinski definition) is 5. The number of benzene rings is 2. The van der Waals surface area contributed by atoms with E-state index in [0.29, 0.717) is 6.07 Å². The average molecular weight is 627 g/mol. The number of rotatable bonds is 6. The molecule has 0 spiro atoms. The van der Waals surface area contributed by atoms with Gasteiger partial charge in [-0.3, -0.25) is 4.79 Å². The number of nitrogens with zero attached hydrogens (tertiary/aromatic N) is 1. The molecule has 0 saturated carbocycles. The first-order valence-electron chi connectivity index (χ1n) is 9.77. The third kappa shape index (κ3) is 7.38. The minimum atomic E-state index is -1.48. The minimum absolute atomic E-state index is 0.0441. The van der Waals surface area contributed by atoms with Gasteiger partial charge < -0.3 is 14.7 Å². The highest BCUT2D eigenvalue weighted by molar-refractivity contribution is 9.10. The van der Waals surface area contributed by atoms with Gasteiger partial charge in [0.15, 0.2) is 0 Å². The Bertz CT molecular complexity index is 1200. The second kappa shape index (κ2) is 12.8. The van der Waals surface area contributed by atoms with Crippen molar-refractivity contribution in [2.24, 2.45) is 0 Å². The van der Waals surface area contributed by atoms with Gasteiger partial charge in [-0.05, 0) is 64.8 Å². The number of carbonyl (C=O) groups is 3. The molecular weight excluding hydrogens is 606 g/mol.